The summed E-state index contributed by atoms with van der Waals surface area (Å²) in [6, 6.07) is 3.74. The van der Waals surface area contributed by atoms with E-state index < -0.39 is 0 Å². The first-order valence-electron chi connectivity index (χ1n) is 9.05. The molecule has 2 aliphatic carbocycles. The zero-order valence-corrected chi connectivity index (χ0v) is 14.9. The van der Waals surface area contributed by atoms with Crippen molar-refractivity contribution in [1.29, 1.82) is 0 Å². The number of rotatable bonds is 5. The molecule has 0 heterocycles. The molecule has 4 heteroatoms. The Morgan fingerprint density at radius 3 is 2.83 bits per heavy atom. The molecule has 0 spiro atoms. The number of ether oxygens (including phenoxy) is 2. The third-order valence-corrected chi connectivity index (χ3v) is 6.26. The SMILES string of the molecule is CCCC12CC(OC)CCC1C(C)Cc1ccc(OC=O)c(O)c12. The minimum Gasteiger partial charge on any atom is -0.504 e. The molecule has 1 aromatic rings. The number of hydrogen-bond donors (Lipinski definition) is 1. The summed E-state index contributed by atoms with van der Waals surface area (Å²) in [5.41, 5.74) is 2.11. The predicted molar refractivity (Wildman–Crippen MR) is 92.4 cm³/mol. The minimum atomic E-state index is -0.0903. The molecule has 0 bridgehead atoms. The molecule has 4 nitrogen and oxygen atoms in total. The second-order valence-electron chi connectivity index (χ2n) is 7.49. The van der Waals surface area contributed by atoms with Crippen LogP contribution in [-0.2, 0) is 21.4 Å². The molecule has 3 rings (SSSR count). The van der Waals surface area contributed by atoms with E-state index in [-0.39, 0.29) is 23.0 Å². The first kappa shape index (κ1) is 17.3. The zero-order valence-electron chi connectivity index (χ0n) is 14.9. The van der Waals surface area contributed by atoms with Crippen molar-refractivity contribution in [3.63, 3.8) is 0 Å². The summed E-state index contributed by atoms with van der Waals surface area (Å²) in [5, 5.41) is 10.9. The van der Waals surface area contributed by atoms with Crippen LogP contribution in [-0.4, -0.2) is 24.8 Å². The monoisotopic (exact) mass is 332 g/mol. The van der Waals surface area contributed by atoms with E-state index in [1.165, 1.54) is 5.56 Å². The second kappa shape index (κ2) is 6.75. The predicted octanol–water partition coefficient (Wildman–Crippen LogP) is 3.97. The van der Waals surface area contributed by atoms with E-state index in [1.54, 1.807) is 13.2 Å². The van der Waals surface area contributed by atoms with Crippen LogP contribution < -0.4 is 4.74 Å². The second-order valence-corrected chi connectivity index (χ2v) is 7.49. The number of phenolic OH excluding ortho intramolecular Hbond substituents is 1. The third kappa shape index (κ3) is 2.61. The molecule has 1 N–H and O–H groups in total. The van der Waals surface area contributed by atoms with Crippen LogP contribution in [0.15, 0.2) is 12.1 Å². The van der Waals surface area contributed by atoms with Gasteiger partial charge in [0.15, 0.2) is 11.5 Å². The molecule has 0 saturated heterocycles. The summed E-state index contributed by atoms with van der Waals surface area (Å²) in [6.07, 6.45) is 6.40. The van der Waals surface area contributed by atoms with Crippen molar-refractivity contribution < 1.29 is 19.4 Å². The maximum absolute atomic E-state index is 10.9. The Hall–Kier alpha value is -1.55. The fourth-order valence-corrected chi connectivity index (χ4v) is 5.45. The van der Waals surface area contributed by atoms with Gasteiger partial charge in [0.05, 0.1) is 6.10 Å². The molecule has 132 valence electrons. The van der Waals surface area contributed by atoms with Gasteiger partial charge in [-0.15, -0.1) is 0 Å². The molecule has 24 heavy (non-hydrogen) atoms. The van der Waals surface area contributed by atoms with E-state index in [4.69, 9.17) is 9.47 Å². The minimum absolute atomic E-state index is 0.0903. The smallest absolute Gasteiger partial charge is 0.298 e. The number of aromatic hydroxyl groups is 1. The molecule has 0 amide bonds. The lowest BCUT2D eigenvalue weighted by molar-refractivity contribution is -0.120. The summed E-state index contributed by atoms with van der Waals surface area (Å²) >= 11 is 0. The van der Waals surface area contributed by atoms with Gasteiger partial charge < -0.3 is 14.6 Å². The van der Waals surface area contributed by atoms with Crippen LogP contribution in [0.5, 0.6) is 11.5 Å². The Bertz CT molecular complexity index is 612. The van der Waals surface area contributed by atoms with Crippen LogP contribution in [0.3, 0.4) is 0 Å². The molecule has 2 aliphatic rings. The molecule has 1 aromatic carbocycles. The summed E-state index contributed by atoms with van der Waals surface area (Å²) in [7, 11) is 1.78. The van der Waals surface area contributed by atoms with Crippen LogP contribution in [0.1, 0.15) is 57.1 Å². The van der Waals surface area contributed by atoms with Gasteiger partial charge in [-0.05, 0) is 55.6 Å². The molecular weight excluding hydrogens is 304 g/mol. The van der Waals surface area contributed by atoms with Crippen molar-refractivity contribution in [3.8, 4) is 11.5 Å². The van der Waals surface area contributed by atoms with Gasteiger partial charge >= 0.3 is 0 Å². The van der Waals surface area contributed by atoms with Crippen molar-refractivity contribution in [2.45, 2.75) is 63.9 Å². The highest BCUT2D eigenvalue weighted by molar-refractivity contribution is 5.59. The van der Waals surface area contributed by atoms with E-state index in [0.717, 1.165) is 44.1 Å². The van der Waals surface area contributed by atoms with Crippen molar-refractivity contribution in [3.05, 3.63) is 23.3 Å². The highest BCUT2D eigenvalue weighted by Gasteiger charge is 2.51. The van der Waals surface area contributed by atoms with E-state index >= 15 is 0 Å². The molecule has 1 fully saturated rings. The Morgan fingerprint density at radius 1 is 1.38 bits per heavy atom. The summed E-state index contributed by atoms with van der Waals surface area (Å²) < 4.78 is 10.7. The normalized spacial score (nSPS) is 31.9. The molecule has 4 unspecified atom stereocenters. The fraction of sp³-hybridized carbons (Fsp3) is 0.650. The topological polar surface area (TPSA) is 55.8 Å². The van der Waals surface area contributed by atoms with Crippen LogP contribution in [0, 0.1) is 11.8 Å². The molecular formula is C20H28O4. The maximum Gasteiger partial charge on any atom is 0.298 e. The van der Waals surface area contributed by atoms with Crippen LogP contribution >= 0.6 is 0 Å². The van der Waals surface area contributed by atoms with Crippen LogP contribution in [0.25, 0.3) is 0 Å². The van der Waals surface area contributed by atoms with Gasteiger partial charge in [0.25, 0.3) is 6.47 Å². The Morgan fingerprint density at radius 2 is 2.17 bits per heavy atom. The Labute approximate surface area is 144 Å². The van der Waals surface area contributed by atoms with Crippen molar-refractivity contribution >= 4 is 6.47 Å². The Balaban J connectivity index is 2.18. The van der Waals surface area contributed by atoms with Gasteiger partial charge in [-0.3, -0.25) is 4.79 Å². The van der Waals surface area contributed by atoms with Gasteiger partial charge in [-0.2, -0.15) is 0 Å². The van der Waals surface area contributed by atoms with Crippen LogP contribution in [0.2, 0.25) is 0 Å². The number of fused-ring (bicyclic) bond motifs is 3. The number of phenols is 1. The van der Waals surface area contributed by atoms with Gasteiger partial charge in [0.1, 0.15) is 0 Å². The lowest BCUT2D eigenvalue weighted by atomic mass is 9.52. The average Bonchev–Trinajstić information content (AvgIpc) is 2.57. The highest BCUT2D eigenvalue weighted by Crippen LogP contribution is 2.58. The van der Waals surface area contributed by atoms with E-state index in [9.17, 15) is 9.90 Å². The third-order valence-electron chi connectivity index (χ3n) is 6.26. The molecule has 1 saturated carbocycles. The number of hydrogen-bond acceptors (Lipinski definition) is 4. The largest absolute Gasteiger partial charge is 0.504 e. The van der Waals surface area contributed by atoms with Crippen molar-refractivity contribution in [2.75, 3.05) is 7.11 Å². The summed E-state index contributed by atoms with van der Waals surface area (Å²) in [5.74, 6) is 1.54. The van der Waals surface area contributed by atoms with E-state index in [2.05, 4.69) is 13.8 Å². The summed E-state index contributed by atoms with van der Waals surface area (Å²) in [6.45, 7) is 4.91. The van der Waals surface area contributed by atoms with Gasteiger partial charge in [-0.25, -0.2) is 0 Å². The highest BCUT2D eigenvalue weighted by atomic mass is 16.5. The lowest BCUT2D eigenvalue weighted by Gasteiger charge is -2.53. The number of carbonyl (C=O) groups excluding carboxylic acids is 1. The quantitative estimate of drug-likeness (QED) is 0.829. The van der Waals surface area contributed by atoms with Crippen molar-refractivity contribution in [2.24, 2.45) is 11.8 Å². The molecule has 0 aromatic heterocycles. The average molecular weight is 332 g/mol. The molecule has 0 aliphatic heterocycles. The lowest BCUT2D eigenvalue weighted by Crippen LogP contribution is -2.49. The summed E-state index contributed by atoms with van der Waals surface area (Å²) in [4.78, 5) is 10.8. The van der Waals surface area contributed by atoms with E-state index in [1.807, 2.05) is 6.07 Å². The van der Waals surface area contributed by atoms with Crippen molar-refractivity contribution in [1.82, 2.24) is 0 Å². The zero-order chi connectivity index (χ0) is 17.3. The first-order valence-corrected chi connectivity index (χ1v) is 9.05. The molecule has 4 atom stereocenters. The molecule has 0 radical (unpaired) electrons. The number of methoxy groups -OCH3 is 1. The maximum atomic E-state index is 10.9. The van der Waals surface area contributed by atoms with Gasteiger partial charge in [0.2, 0.25) is 0 Å². The standard InChI is InChI=1S/C20H28O4/c1-4-9-20-11-15(23-3)6-7-16(20)13(2)10-14-5-8-17(24-12-21)19(22)18(14)20/h5,8,12-13,15-16,22H,4,6-7,9-11H2,1-3H3. The Kier molecular flexibility index (Phi) is 4.86. The fourth-order valence-electron chi connectivity index (χ4n) is 5.45. The number of benzene rings is 1. The van der Waals surface area contributed by atoms with Crippen LogP contribution in [0.4, 0.5) is 0 Å². The van der Waals surface area contributed by atoms with Gasteiger partial charge in [0, 0.05) is 18.1 Å². The first-order chi connectivity index (χ1) is 11.6. The van der Waals surface area contributed by atoms with E-state index in [0.29, 0.717) is 18.3 Å². The number of carbonyl (C=O) groups is 1. The van der Waals surface area contributed by atoms with Gasteiger partial charge in [-0.1, -0.05) is 26.3 Å².